The maximum absolute atomic E-state index is 11.6. The fourth-order valence-corrected chi connectivity index (χ4v) is 1.60. The molecule has 0 saturated heterocycles. The summed E-state index contributed by atoms with van der Waals surface area (Å²) in [5.41, 5.74) is 0.690. The Morgan fingerprint density at radius 1 is 0.737 bits per heavy atom. The second kappa shape index (κ2) is 5.99. The summed E-state index contributed by atoms with van der Waals surface area (Å²) in [5, 5.41) is 0. The molecule has 1 aromatic rings. The first-order chi connectivity index (χ1) is 8.96. The van der Waals surface area contributed by atoms with E-state index in [9.17, 15) is 14.4 Å². The topological polar surface area (TPSA) is 78.9 Å². The van der Waals surface area contributed by atoms with Crippen molar-refractivity contribution in [2.45, 2.75) is 6.92 Å². The van der Waals surface area contributed by atoms with E-state index in [0.717, 1.165) is 0 Å². The number of carbonyl (C=O) groups is 3. The van der Waals surface area contributed by atoms with Crippen molar-refractivity contribution in [1.29, 1.82) is 0 Å². The summed E-state index contributed by atoms with van der Waals surface area (Å²) in [4.78, 5) is 34.8. The van der Waals surface area contributed by atoms with E-state index in [1.54, 1.807) is 6.92 Å². The molecule has 0 aromatic heterocycles. The van der Waals surface area contributed by atoms with E-state index >= 15 is 0 Å². The van der Waals surface area contributed by atoms with Crippen LogP contribution >= 0.6 is 0 Å². The SMILES string of the molecule is COC(=O)c1cc(C(=O)OC)c(C(=O)OC)cc1C. The molecule has 0 aliphatic heterocycles. The maximum Gasteiger partial charge on any atom is 0.338 e. The van der Waals surface area contributed by atoms with E-state index in [1.807, 2.05) is 0 Å². The van der Waals surface area contributed by atoms with Gasteiger partial charge in [-0.05, 0) is 24.6 Å². The summed E-state index contributed by atoms with van der Waals surface area (Å²) in [6.07, 6.45) is 0. The highest BCUT2D eigenvalue weighted by Crippen LogP contribution is 2.19. The maximum atomic E-state index is 11.6. The normalized spacial score (nSPS) is 9.68. The monoisotopic (exact) mass is 266 g/mol. The lowest BCUT2D eigenvalue weighted by Gasteiger charge is -2.10. The molecule has 0 unspecified atom stereocenters. The molecule has 0 saturated carbocycles. The van der Waals surface area contributed by atoms with E-state index in [0.29, 0.717) is 5.56 Å². The van der Waals surface area contributed by atoms with Gasteiger partial charge in [-0.2, -0.15) is 0 Å². The molecule has 0 amide bonds. The lowest BCUT2D eigenvalue weighted by atomic mass is 9.99. The van der Waals surface area contributed by atoms with Gasteiger partial charge in [0, 0.05) is 0 Å². The molecule has 0 fully saturated rings. The molecule has 0 spiro atoms. The molecule has 0 aliphatic rings. The molecule has 6 nitrogen and oxygen atoms in total. The molecule has 1 aromatic carbocycles. The standard InChI is InChI=1S/C13H14O6/c1-7-5-9(12(15)18-3)10(13(16)19-4)6-8(7)11(14)17-2/h5-6H,1-4H3. The molecular formula is C13H14O6. The fourth-order valence-electron chi connectivity index (χ4n) is 1.60. The van der Waals surface area contributed by atoms with Crippen molar-refractivity contribution in [3.05, 3.63) is 34.4 Å². The lowest BCUT2D eigenvalue weighted by molar-refractivity contribution is 0.0552. The minimum atomic E-state index is -0.731. The van der Waals surface area contributed by atoms with E-state index in [2.05, 4.69) is 14.2 Å². The zero-order valence-electron chi connectivity index (χ0n) is 11.1. The first kappa shape index (κ1) is 14.7. The van der Waals surface area contributed by atoms with Crippen molar-refractivity contribution >= 4 is 17.9 Å². The number of hydrogen-bond donors (Lipinski definition) is 0. The average Bonchev–Trinajstić information content (AvgIpc) is 2.44. The van der Waals surface area contributed by atoms with E-state index in [4.69, 9.17) is 0 Å². The van der Waals surface area contributed by atoms with E-state index in [-0.39, 0.29) is 16.7 Å². The van der Waals surface area contributed by atoms with Crippen molar-refractivity contribution in [3.63, 3.8) is 0 Å². The number of hydrogen-bond acceptors (Lipinski definition) is 6. The van der Waals surface area contributed by atoms with Gasteiger partial charge in [0.05, 0.1) is 38.0 Å². The molecule has 0 atom stereocenters. The van der Waals surface area contributed by atoms with Gasteiger partial charge in [0.15, 0.2) is 0 Å². The van der Waals surface area contributed by atoms with Crippen LogP contribution < -0.4 is 0 Å². The molecule has 0 aliphatic carbocycles. The molecule has 0 heterocycles. The summed E-state index contributed by atoms with van der Waals surface area (Å²) < 4.78 is 13.8. The highest BCUT2D eigenvalue weighted by Gasteiger charge is 2.22. The van der Waals surface area contributed by atoms with Crippen LogP contribution in [0.25, 0.3) is 0 Å². The van der Waals surface area contributed by atoms with Gasteiger partial charge in [-0.3, -0.25) is 0 Å². The first-order valence-electron chi connectivity index (χ1n) is 5.35. The van der Waals surface area contributed by atoms with Crippen LogP contribution in [0.1, 0.15) is 36.6 Å². The predicted octanol–water partition coefficient (Wildman–Crippen LogP) is 1.35. The van der Waals surface area contributed by atoms with Crippen LogP contribution in [0.15, 0.2) is 12.1 Å². The molecule has 19 heavy (non-hydrogen) atoms. The van der Waals surface area contributed by atoms with Gasteiger partial charge < -0.3 is 14.2 Å². The van der Waals surface area contributed by atoms with Crippen molar-refractivity contribution in [2.75, 3.05) is 21.3 Å². The van der Waals surface area contributed by atoms with Gasteiger partial charge in [0.25, 0.3) is 0 Å². The van der Waals surface area contributed by atoms with Crippen molar-refractivity contribution in [2.24, 2.45) is 0 Å². The predicted molar refractivity (Wildman–Crippen MR) is 65.2 cm³/mol. The summed E-state index contributed by atoms with van der Waals surface area (Å²) in [6.45, 7) is 1.62. The third kappa shape index (κ3) is 2.90. The molecule has 0 radical (unpaired) electrons. The Hall–Kier alpha value is -2.37. The number of aryl methyl sites for hydroxylation is 1. The Morgan fingerprint density at radius 2 is 1.11 bits per heavy atom. The summed E-state index contributed by atoms with van der Waals surface area (Å²) in [7, 11) is 3.61. The Balaban J connectivity index is 3.49. The van der Waals surface area contributed by atoms with Crippen LogP contribution in [0.4, 0.5) is 0 Å². The zero-order valence-corrected chi connectivity index (χ0v) is 11.1. The third-order valence-corrected chi connectivity index (χ3v) is 2.58. The van der Waals surface area contributed by atoms with Crippen molar-refractivity contribution in [3.8, 4) is 0 Å². The Kier molecular flexibility index (Phi) is 4.63. The number of esters is 3. The Morgan fingerprint density at radius 3 is 1.53 bits per heavy atom. The van der Waals surface area contributed by atoms with E-state index in [1.165, 1.54) is 33.5 Å². The quantitative estimate of drug-likeness (QED) is 0.607. The third-order valence-electron chi connectivity index (χ3n) is 2.58. The van der Waals surface area contributed by atoms with Crippen LogP contribution in [0, 0.1) is 6.92 Å². The second-order valence-corrected chi connectivity index (χ2v) is 3.69. The van der Waals surface area contributed by atoms with Gasteiger partial charge in [0.2, 0.25) is 0 Å². The number of methoxy groups -OCH3 is 3. The molecule has 102 valence electrons. The highest BCUT2D eigenvalue weighted by molar-refractivity contribution is 6.05. The van der Waals surface area contributed by atoms with Gasteiger partial charge in [-0.15, -0.1) is 0 Å². The highest BCUT2D eigenvalue weighted by atomic mass is 16.5. The molecule has 6 heteroatoms. The van der Waals surface area contributed by atoms with Crippen LogP contribution in [0.3, 0.4) is 0 Å². The smallest absolute Gasteiger partial charge is 0.338 e. The number of ether oxygens (including phenoxy) is 3. The van der Waals surface area contributed by atoms with Gasteiger partial charge in [0.1, 0.15) is 0 Å². The summed E-state index contributed by atoms with van der Waals surface area (Å²) >= 11 is 0. The second-order valence-electron chi connectivity index (χ2n) is 3.69. The lowest BCUT2D eigenvalue weighted by Crippen LogP contribution is -2.15. The minimum Gasteiger partial charge on any atom is -0.465 e. The number of benzene rings is 1. The minimum absolute atomic E-state index is 0.0412. The van der Waals surface area contributed by atoms with Gasteiger partial charge >= 0.3 is 17.9 Å². The fraction of sp³-hybridized carbons (Fsp3) is 0.308. The largest absolute Gasteiger partial charge is 0.465 e. The van der Waals surface area contributed by atoms with Crippen LogP contribution in [-0.4, -0.2) is 39.2 Å². The van der Waals surface area contributed by atoms with E-state index < -0.39 is 17.9 Å². The van der Waals surface area contributed by atoms with Crippen LogP contribution in [0.2, 0.25) is 0 Å². The van der Waals surface area contributed by atoms with Crippen LogP contribution in [-0.2, 0) is 14.2 Å². The molecule has 0 N–H and O–H groups in total. The molecule has 0 bridgehead atoms. The Bertz CT molecular complexity index is 532. The molecule has 1 rings (SSSR count). The summed E-state index contributed by atoms with van der Waals surface area (Å²) in [6, 6.07) is 2.66. The Labute approximate surface area is 110 Å². The molecular weight excluding hydrogens is 252 g/mol. The van der Waals surface area contributed by atoms with Crippen molar-refractivity contribution < 1.29 is 28.6 Å². The average molecular weight is 266 g/mol. The van der Waals surface area contributed by atoms with Crippen molar-refractivity contribution in [1.82, 2.24) is 0 Å². The first-order valence-corrected chi connectivity index (χ1v) is 5.35. The number of carbonyl (C=O) groups excluding carboxylic acids is 3. The van der Waals surface area contributed by atoms with Crippen LogP contribution in [0.5, 0.6) is 0 Å². The summed E-state index contributed by atoms with van der Waals surface area (Å²) in [5.74, 6) is -2.01. The zero-order chi connectivity index (χ0) is 14.6. The van der Waals surface area contributed by atoms with Gasteiger partial charge in [-0.25, -0.2) is 14.4 Å². The van der Waals surface area contributed by atoms with Gasteiger partial charge in [-0.1, -0.05) is 0 Å². The number of rotatable bonds is 3.